The maximum Gasteiger partial charge on any atom is 0.272 e. The lowest BCUT2D eigenvalue weighted by molar-refractivity contribution is -0.114. The van der Waals surface area contributed by atoms with Gasteiger partial charge in [-0.2, -0.15) is 0 Å². The fourth-order valence-electron chi connectivity index (χ4n) is 3.78. The van der Waals surface area contributed by atoms with Crippen LogP contribution in [0.25, 0.3) is 6.08 Å². The first-order valence-corrected chi connectivity index (χ1v) is 14.8. The number of halogens is 1. The third kappa shape index (κ3) is 8.85. The lowest BCUT2D eigenvalue weighted by Crippen LogP contribution is -2.30. The van der Waals surface area contributed by atoms with E-state index >= 15 is 0 Å². The zero-order chi connectivity index (χ0) is 29.9. The summed E-state index contributed by atoms with van der Waals surface area (Å²) in [5, 5.41) is 8.45. The Bertz CT molecular complexity index is 1590. The minimum atomic E-state index is -0.532. The van der Waals surface area contributed by atoms with Gasteiger partial charge in [0.15, 0.2) is 0 Å². The lowest BCUT2D eigenvalue weighted by Gasteiger charge is -2.13. The lowest BCUT2D eigenvalue weighted by atomic mass is 10.1. The van der Waals surface area contributed by atoms with Crippen molar-refractivity contribution in [1.82, 2.24) is 5.32 Å². The molecule has 0 aliphatic rings. The van der Waals surface area contributed by atoms with Crippen molar-refractivity contribution in [3.63, 3.8) is 0 Å². The number of anilines is 2. The molecule has 0 radical (unpaired) electrons. The minimum absolute atomic E-state index is 0.0160. The Labute approximate surface area is 262 Å². The first-order chi connectivity index (χ1) is 20.3. The smallest absolute Gasteiger partial charge is 0.272 e. The molecule has 0 fully saturated rings. The van der Waals surface area contributed by atoms with Crippen LogP contribution >= 0.6 is 34.4 Å². The number of amides is 3. The average Bonchev–Trinajstić information content (AvgIpc) is 3.01. The van der Waals surface area contributed by atoms with Crippen molar-refractivity contribution in [1.29, 1.82) is 0 Å². The number of benzene rings is 4. The molecule has 10 heteroatoms. The van der Waals surface area contributed by atoms with Gasteiger partial charge in [-0.3, -0.25) is 14.4 Å². The Kier molecular flexibility index (Phi) is 11.0. The van der Waals surface area contributed by atoms with E-state index in [-0.39, 0.29) is 17.4 Å². The second-order valence-electron chi connectivity index (χ2n) is 8.81. The molecule has 0 heterocycles. The fraction of sp³-hybridized carbons (Fsp3) is 0.0938. The van der Waals surface area contributed by atoms with Crippen LogP contribution in [0.4, 0.5) is 11.4 Å². The summed E-state index contributed by atoms with van der Waals surface area (Å²) >= 11 is 3.55. The maximum absolute atomic E-state index is 13.5. The van der Waals surface area contributed by atoms with E-state index in [2.05, 4.69) is 38.5 Å². The monoisotopic (exact) mass is 693 g/mol. The van der Waals surface area contributed by atoms with E-state index in [1.807, 2.05) is 30.3 Å². The van der Waals surface area contributed by atoms with Crippen LogP contribution in [0, 0.1) is 3.57 Å². The largest absolute Gasteiger partial charge is 0.497 e. The van der Waals surface area contributed by atoms with Crippen molar-refractivity contribution in [2.24, 2.45) is 0 Å². The highest BCUT2D eigenvalue weighted by molar-refractivity contribution is 14.1. The predicted molar refractivity (Wildman–Crippen MR) is 175 cm³/mol. The molecular weight excluding hydrogens is 665 g/mol. The van der Waals surface area contributed by atoms with Crippen LogP contribution in [0.15, 0.2) is 108 Å². The van der Waals surface area contributed by atoms with Crippen LogP contribution in [0.1, 0.15) is 15.9 Å². The van der Waals surface area contributed by atoms with E-state index in [0.717, 1.165) is 14.2 Å². The van der Waals surface area contributed by atoms with Gasteiger partial charge >= 0.3 is 0 Å². The van der Waals surface area contributed by atoms with Gasteiger partial charge in [0, 0.05) is 37.0 Å². The van der Waals surface area contributed by atoms with Crippen molar-refractivity contribution in [2.75, 3.05) is 30.6 Å². The van der Waals surface area contributed by atoms with Crippen LogP contribution in [0.5, 0.6) is 11.5 Å². The van der Waals surface area contributed by atoms with Gasteiger partial charge in [-0.05, 0) is 95.4 Å². The third-order valence-electron chi connectivity index (χ3n) is 5.86. The van der Waals surface area contributed by atoms with Gasteiger partial charge in [0.25, 0.3) is 11.8 Å². The molecule has 4 aromatic rings. The third-order valence-corrected chi connectivity index (χ3v) is 7.57. The molecule has 0 aliphatic heterocycles. The van der Waals surface area contributed by atoms with Crippen LogP contribution in [0.2, 0.25) is 0 Å². The van der Waals surface area contributed by atoms with Gasteiger partial charge in [0.2, 0.25) is 5.91 Å². The van der Waals surface area contributed by atoms with E-state index in [0.29, 0.717) is 28.3 Å². The molecule has 0 aliphatic carbocycles. The zero-order valence-corrected chi connectivity index (χ0v) is 25.8. The van der Waals surface area contributed by atoms with Gasteiger partial charge in [-0.1, -0.05) is 24.3 Å². The Balaban J connectivity index is 1.50. The molecule has 0 unspecified atom stereocenters. The molecule has 0 aromatic heterocycles. The number of methoxy groups -OCH3 is 2. The summed E-state index contributed by atoms with van der Waals surface area (Å²) in [5.74, 6) is 0.140. The number of hydrogen-bond donors (Lipinski definition) is 3. The Morgan fingerprint density at radius 3 is 2.29 bits per heavy atom. The fourth-order valence-corrected chi connectivity index (χ4v) is 4.89. The van der Waals surface area contributed by atoms with Crippen molar-refractivity contribution < 1.29 is 23.9 Å². The highest BCUT2D eigenvalue weighted by atomic mass is 127. The highest BCUT2D eigenvalue weighted by Gasteiger charge is 2.17. The number of carbonyl (C=O) groups excluding carboxylic acids is 3. The number of thioether (sulfide) groups is 1. The highest BCUT2D eigenvalue weighted by Crippen LogP contribution is 2.27. The predicted octanol–water partition coefficient (Wildman–Crippen LogP) is 6.45. The number of ether oxygens (including phenoxy) is 2. The number of nitrogens with one attached hydrogen (secondary N) is 3. The molecule has 214 valence electrons. The van der Waals surface area contributed by atoms with Crippen molar-refractivity contribution in [2.45, 2.75) is 4.90 Å². The molecule has 0 spiro atoms. The molecule has 3 amide bonds. The number of rotatable bonds is 11. The van der Waals surface area contributed by atoms with Crippen molar-refractivity contribution in [3.05, 3.63) is 117 Å². The molecule has 8 nitrogen and oxygen atoms in total. The summed E-state index contributed by atoms with van der Waals surface area (Å²) in [6.45, 7) is 0. The second-order valence-corrected chi connectivity index (χ2v) is 11.1. The average molecular weight is 694 g/mol. The Morgan fingerprint density at radius 1 is 0.810 bits per heavy atom. The van der Waals surface area contributed by atoms with Gasteiger partial charge < -0.3 is 25.4 Å². The normalized spacial score (nSPS) is 10.9. The molecule has 4 rings (SSSR count). The van der Waals surface area contributed by atoms with Crippen molar-refractivity contribution in [3.8, 4) is 11.5 Å². The summed E-state index contributed by atoms with van der Waals surface area (Å²) < 4.78 is 11.8. The summed E-state index contributed by atoms with van der Waals surface area (Å²) in [5.41, 5.74) is 2.22. The van der Waals surface area contributed by atoms with Gasteiger partial charge in [0.1, 0.15) is 17.2 Å². The summed E-state index contributed by atoms with van der Waals surface area (Å²) in [4.78, 5) is 39.7. The van der Waals surface area contributed by atoms with E-state index in [9.17, 15) is 14.4 Å². The maximum atomic E-state index is 13.5. The van der Waals surface area contributed by atoms with Crippen LogP contribution < -0.4 is 25.4 Å². The van der Waals surface area contributed by atoms with Crippen LogP contribution in [-0.2, 0) is 9.59 Å². The molecule has 42 heavy (non-hydrogen) atoms. The summed E-state index contributed by atoms with van der Waals surface area (Å²) in [6.07, 6.45) is 1.54. The Morgan fingerprint density at radius 2 is 1.57 bits per heavy atom. The van der Waals surface area contributed by atoms with E-state index in [1.165, 1.54) is 18.9 Å². The van der Waals surface area contributed by atoms with Crippen LogP contribution in [0.3, 0.4) is 0 Å². The first kappa shape index (κ1) is 30.7. The molecule has 3 N–H and O–H groups in total. The number of hydrogen-bond acceptors (Lipinski definition) is 6. The summed E-state index contributed by atoms with van der Waals surface area (Å²) in [7, 11) is 3.06. The van der Waals surface area contributed by atoms with Gasteiger partial charge in [-0.25, -0.2) is 0 Å². The van der Waals surface area contributed by atoms with Crippen LogP contribution in [-0.4, -0.2) is 37.7 Å². The first-order valence-electron chi connectivity index (χ1n) is 12.7. The van der Waals surface area contributed by atoms with E-state index < -0.39 is 11.8 Å². The summed E-state index contributed by atoms with van der Waals surface area (Å²) in [6, 6.07) is 28.5. The standard InChI is InChI=1S/C32H28IN3O5S/c1-40-26-16-11-22(29(19-26)41-2)17-28(36-31(38)21-7-4-3-5-8-21)32(39)35-25-9-6-10-27(18-25)42-20-30(37)34-24-14-12-23(33)13-15-24/h3-19H,20H2,1-2H3,(H,34,37)(H,35,39)(H,36,38)/b28-17+. The van der Waals surface area contributed by atoms with E-state index in [1.54, 1.807) is 79.9 Å². The molecule has 0 saturated heterocycles. The molecule has 0 bridgehead atoms. The second kappa shape index (κ2) is 15.1. The molecule has 4 aromatic carbocycles. The molecular formula is C32H28IN3O5S. The van der Waals surface area contributed by atoms with E-state index in [4.69, 9.17) is 9.47 Å². The SMILES string of the molecule is COc1ccc(/C=C(/NC(=O)c2ccccc2)C(=O)Nc2cccc(SCC(=O)Nc3ccc(I)cc3)c2)c(OC)c1. The molecule has 0 atom stereocenters. The Hall–Kier alpha value is -4.29. The number of carbonyl (C=O) groups is 3. The zero-order valence-electron chi connectivity index (χ0n) is 22.8. The topological polar surface area (TPSA) is 106 Å². The van der Waals surface area contributed by atoms with Gasteiger partial charge in [-0.15, -0.1) is 11.8 Å². The quantitative estimate of drug-likeness (QED) is 0.0949. The minimum Gasteiger partial charge on any atom is -0.497 e. The van der Waals surface area contributed by atoms with Crippen molar-refractivity contribution >= 4 is 69.5 Å². The molecule has 0 saturated carbocycles. The van der Waals surface area contributed by atoms with Gasteiger partial charge in [0.05, 0.1) is 20.0 Å².